The molecular formula is C26H22ClFN2O5. The van der Waals surface area contributed by atoms with E-state index in [4.69, 9.17) is 16.3 Å². The molecule has 2 aliphatic rings. The van der Waals surface area contributed by atoms with Gasteiger partial charge in [0.15, 0.2) is 5.72 Å². The van der Waals surface area contributed by atoms with Crippen molar-refractivity contribution in [2.75, 3.05) is 13.2 Å². The molecule has 1 unspecified atom stereocenters. The van der Waals surface area contributed by atoms with E-state index in [0.717, 1.165) is 12.8 Å². The van der Waals surface area contributed by atoms with Gasteiger partial charge >= 0.3 is 0 Å². The van der Waals surface area contributed by atoms with Crippen LogP contribution in [0.5, 0.6) is 0 Å². The van der Waals surface area contributed by atoms with Crippen LogP contribution in [0.1, 0.15) is 39.9 Å². The number of carbonyl (C=O) groups excluding carboxylic acids is 1. The van der Waals surface area contributed by atoms with Gasteiger partial charge in [-0.3, -0.25) is 19.8 Å². The standard InChI is InChI=1S/C26H22ClFN2O5/c27-19-5-3-18(4-6-19)26(35-16-25(15-31)11-12-25)23-10-7-20(28)13-22(23)24(32)29(26)14-17-1-8-21(9-2-17)30(33)34/h1-10,13,31H,11-12,14-16H2. The number of hydrogen-bond acceptors (Lipinski definition) is 5. The minimum absolute atomic E-state index is 0.0454. The Kier molecular flexibility index (Phi) is 5.83. The molecule has 1 N–H and O–H groups in total. The number of amides is 1. The van der Waals surface area contributed by atoms with Gasteiger partial charge in [0, 0.05) is 40.2 Å². The third kappa shape index (κ3) is 4.07. The highest BCUT2D eigenvalue weighted by Crippen LogP contribution is 2.51. The average molecular weight is 497 g/mol. The lowest BCUT2D eigenvalue weighted by atomic mass is 9.92. The Morgan fingerprint density at radius 3 is 2.37 bits per heavy atom. The first-order valence-electron chi connectivity index (χ1n) is 11.1. The molecule has 1 aliphatic carbocycles. The molecule has 0 spiro atoms. The van der Waals surface area contributed by atoms with Gasteiger partial charge in [-0.25, -0.2) is 4.39 Å². The maximum atomic E-state index is 14.2. The summed E-state index contributed by atoms with van der Waals surface area (Å²) in [6, 6.07) is 16.8. The van der Waals surface area contributed by atoms with E-state index in [-0.39, 0.29) is 36.4 Å². The van der Waals surface area contributed by atoms with Crippen LogP contribution in [-0.2, 0) is 17.0 Å². The topological polar surface area (TPSA) is 92.9 Å². The minimum Gasteiger partial charge on any atom is -0.396 e. The van der Waals surface area contributed by atoms with E-state index < -0.39 is 22.4 Å². The van der Waals surface area contributed by atoms with Crippen molar-refractivity contribution in [3.05, 3.63) is 110 Å². The number of rotatable bonds is 8. The van der Waals surface area contributed by atoms with Crippen LogP contribution < -0.4 is 0 Å². The van der Waals surface area contributed by atoms with Crippen molar-refractivity contribution >= 4 is 23.2 Å². The quantitative estimate of drug-likeness (QED) is 0.348. The van der Waals surface area contributed by atoms with E-state index in [2.05, 4.69) is 0 Å². The number of nitrogens with zero attached hydrogens (tertiary/aromatic N) is 2. The van der Waals surface area contributed by atoms with Gasteiger partial charge in [0.25, 0.3) is 11.6 Å². The molecule has 35 heavy (non-hydrogen) atoms. The predicted molar refractivity (Wildman–Crippen MR) is 126 cm³/mol. The lowest BCUT2D eigenvalue weighted by Crippen LogP contribution is -2.47. The second-order valence-electron chi connectivity index (χ2n) is 9.10. The molecule has 3 aromatic carbocycles. The summed E-state index contributed by atoms with van der Waals surface area (Å²) in [6.07, 6.45) is 1.60. The Labute approximate surface area is 205 Å². The lowest BCUT2D eigenvalue weighted by Gasteiger charge is -2.40. The monoisotopic (exact) mass is 496 g/mol. The van der Waals surface area contributed by atoms with Crippen LogP contribution in [0.4, 0.5) is 10.1 Å². The second kappa shape index (κ2) is 8.71. The summed E-state index contributed by atoms with van der Waals surface area (Å²) in [5, 5.41) is 21.5. The molecule has 1 heterocycles. The summed E-state index contributed by atoms with van der Waals surface area (Å²) in [6.45, 7) is 0.200. The van der Waals surface area contributed by atoms with Gasteiger partial charge in [-0.05, 0) is 42.7 Å². The molecule has 0 radical (unpaired) electrons. The summed E-state index contributed by atoms with van der Waals surface area (Å²) in [5.74, 6) is -0.977. The van der Waals surface area contributed by atoms with E-state index in [1.165, 1.54) is 29.2 Å². The van der Waals surface area contributed by atoms with E-state index >= 15 is 0 Å². The Morgan fingerprint density at radius 2 is 1.77 bits per heavy atom. The summed E-state index contributed by atoms with van der Waals surface area (Å²) in [5.41, 5.74) is 0.0728. The van der Waals surface area contributed by atoms with Gasteiger partial charge in [-0.1, -0.05) is 41.9 Å². The summed E-state index contributed by atoms with van der Waals surface area (Å²) in [7, 11) is 0. The predicted octanol–water partition coefficient (Wildman–Crippen LogP) is 5.03. The highest BCUT2D eigenvalue weighted by molar-refractivity contribution is 6.30. The fourth-order valence-corrected chi connectivity index (χ4v) is 4.65. The first-order valence-corrected chi connectivity index (χ1v) is 11.5. The zero-order chi connectivity index (χ0) is 24.8. The van der Waals surface area contributed by atoms with Crippen LogP contribution in [0, 0.1) is 21.3 Å². The molecule has 3 aromatic rings. The molecule has 5 rings (SSSR count). The highest BCUT2D eigenvalue weighted by atomic mass is 35.5. The number of carbonyl (C=O) groups is 1. The van der Waals surface area contributed by atoms with Crippen LogP contribution >= 0.6 is 11.6 Å². The molecule has 1 saturated carbocycles. The molecule has 9 heteroatoms. The number of nitro groups is 1. The number of non-ortho nitro benzene ring substituents is 1. The average Bonchev–Trinajstić information content (AvgIpc) is 3.61. The van der Waals surface area contributed by atoms with E-state index in [0.29, 0.717) is 21.7 Å². The van der Waals surface area contributed by atoms with Gasteiger partial charge in [0.1, 0.15) is 5.82 Å². The third-order valence-corrected chi connectivity index (χ3v) is 7.06. The van der Waals surface area contributed by atoms with Gasteiger partial charge in [0.05, 0.1) is 23.7 Å². The van der Waals surface area contributed by atoms with E-state index in [1.54, 1.807) is 42.5 Å². The van der Waals surface area contributed by atoms with Gasteiger partial charge < -0.3 is 9.84 Å². The van der Waals surface area contributed by atoms with Crippen molar-refractivity contribution in [3.8, 4) is 0 Å². The first kappa shape index (κ1) is 23.4. The summed E-state index contributed by atoms with van der Waals surface area (Å²) >= 11 is 6.14. The van der Waals surface area contributed by atoms with Crippen molar-refractivity contribution in [2.24, 2.45) is 5.41 Å². The van der Waals surface area contributed by atoms with Crippen molar-refractivity contribution in [1.29, 1.82) is 0 Å². The van der Waals surface area contributed by atoms with Crippen molar-refractivity contribution in [1.82, 2.24) is 4.90 Å². The van der Waals surface area contributed by atoms with Crippen molar-refractivity contribution in [3.63, 3.8) is 0 Å². The molecule has 0 saturated heterocycles. The van der Waals surface area contributed by atoms with Crippen LogP contribution in [0.3, 0.4) is 0 Å². The Hall–Kier alpha value is -3.33. The number of aliphatic hydroxyl groups is 1. The lowest BCUT2D eigenvalue weighted by molar-refractivity contribution is -0.384. The van der Waals surface area contributed by atoms with Gasteiger partial charge in [0.2, 0.25) is 0 Å². The van der Waals surface area contributed by atoms with Crippen LogP contribution in [0.15, 0.2) is 66.7 Å². The maximum absolute atomic E-state index is 14.2. The SMILES string of the molecule is O=C1c2cc(F)ccc2C(OCC2(CO)CC2)(c2ccc(Cl)cc2)N1Cc1ccc([N+](=O)[O-])cc1. The Balaban J connectivity index is 1.65. The smallest absolute Gasteiger partial charge is 0.269 e. The number of halogens is 2. The first-order chi connectivity index (χ1) is 16.8. The fraction of sp³-hybridized carbons (Fsp3) is 0.269. The Morgan fingerprint density at radius 1 is 1.09 bits per heavy atom. The molecule has 0 bridgehead atoms. The van der Waals surface area contributed by atoms with Crippen LogP contribution in [0.25, 0.3) is 0 Å². The van der Waals surface area contributed by atoms with Gasteiger partial charge in [-0.2, -0.15) is 0 Å². The summed E-state index contributed by atoms with van der Waals surface area (Å²) in [4.78, 5) is 25.8. The minimum atomic E-state index is -1.41. The number of nitro benzene ring substituents is 1. The molecule has 1 aliphatic heterocycles. The van der Waals surface area contributed by atoms with Crippen molar-refractivity contribution < 1.29 is 24.0 Å². The number of ether oxygens (including phenoxy) is 1. The zero-order valence-corrected chi connectivity index (χ0v) is 19.4. The van der Waals surface area contributed by atoms with E-state index in [1.807, 2.05) is 0 Å². The molecule has 7 nitrogen and oxygen atoms in total. The zero-order valence-electron chi connectivity index (χ0n) is 18.6. The van der Waals surface area contributed by atoms with Crippen LogP contribution in [0.2, 0.25) is 5.02 Å². The molecule has 1 fully saturated rings. The largest absolute Gasteiger partial charge is 0.396 e. The summed E-state index contributed by atoms with van der Waals surface area (Å²) < 4.78 is 20.8. The van der Waals surface area contributed by atoms with Crippen LogP contribution in [-0.4, -0.2) is 34.1 Å². The number of hydrogen-bond donors (Lipinski definition) is 1. The normalized spacial score (nSPS) is 20.1. The molecule has 1 amide bonds. The molecule has 0 aromatic heterocycles. The number of benzene rings is 3. The second-order valence-corrected chi connectivity index (χ2v) is 9.54. The van der Waals surface area contributed by atoms with Crippen molar-refractivity contribution in [2.45, 2.75) is 25.1 Å². The number of aliphatic hydroxyl groups excluding tert-OH is 1. The molecule has 1 atom stereocenters. The third-order valence-electron chi connectivity index (χ3n) is 6.81. The van der Waals surface area contributed by atoms with E-state index in [9.17, 15) is 24.4 Å². The maximum Gasteiger partial charge on any atom is 0.269 e. The molecule has 180 valence electrons. The fourth-order valence-electron chi connectivity index (χ4n) is 4.52. The Bertz CT molecular complexity index is 1290. The van der Waals surface area contributed by atoms with Gasteiger partial charge in [-0.15, -0.1) is 0 Å². The highest BCUT2D eigenvalue weighted by Gasteiger charge is 2.54. The number of fused-ring (bicyclic) bond motifs is 1. The molecular weight excluding hydrogens is 475 g/mol.